The molecule has 0 spiro atoms. The van der Waals surface area contributed by atoms with Crippen molar-refractivity contribution in [3.8, 4) is 0 Å². The van der Waals surface area contributed by atoms with Crippen LogP contribution in [0, 0.1) is 11.8 Å². The Labute approximate surface area is 120 Å². The van der Waals surface area contributed by atoms with E-state index in [9.17, 15) is 4.79 Å². The molecular formula is C17H23N2O+. The Kier molecular flexibility index (Phi) is 3.62. The fourth-order valence-electron chi connectivity index (χ4n) is 3.69. The molecule has 20 heavy (non-hydrogen) atoms. The normalized spacial score (nSPS) is 26.8. The van der Waals surface area contributed by atoms with Gasteiger partial charge in [0.1, 0.15) is 6.54 Å². The number of carbonyl (C=O) groups excluding carboxylic acids is 1. The molecule has 2 aromatic rings. The van der Waals surface area contributed by atoms with Crippen molar-refractivity contribution in [3.63, 3.8) is 0 Å². The largest absolute Gasteiger partial charge is 0.360 e. The summed E-state index contributed by atoms with van der Waals surface area (Å²) in [6, 6.07) is 8.02. The predicted octanol–water partition coefficient (Wildman–Crippen LogP) is 1.91. The number of piperidine rings is 1. The van der Waals surface area contributed by atoms with E-state index in [0.717, 1.165) is 41.4 Å². The maximum Gasteiger partial charge on any atom is 0.219 e. The Morgan fingerprint density at radius 1 is 1.25 bits per heavy atom. The molecule has 3 nitrogen and oxygen atoms in total. The number of nitrogens with one attached hydrogen (secondary N) is 2. The topological polar surface area (TPSA) is 37.3 Å². The van der Waals surface area contributed by atoms with Crippen LogP contribution < -0.4 is 4.90 Å². The number of carbonyl (C=O) groups is 1. The lowest BCUT2D eigenvalue weighted by Gasteiger charge is -2.31. The minimum atomic E-state index is 0.263. The van der Waals surface area contributed by atoms with Crippen molar-refractivity contribution in [2.45, 2.75) is 20.3 Å². The standard InChI is InChI=1S/C17H22N2O/c1-12-7-13(2)10-19(9-12)11-17(20)15-8-18-16-6-4-3-5-14(15)16/h3-6,8,12-13,18H,7,9-11H2,1-2H3/p+1/t12-,13-/m0/s1. The molecule has 2 heterocycles. The highest BCUT2D eigenvalue weighted by Gasteiger charge is 2.27. The highest BCUT2D eigenvalue weighted by Crippen LogP contribution is 2.18. The van der Waals surface area contributed by atoms with Gasteiger partial charge in [-0.25, -0.2) is 0 Å². The van der Waals surface area contributed by atoms with Gasteiger partial charge in [-0.15, -0.1) is 0 Å². The first-order chi connectivity index (χ1) is 9.63. The van der Waals surface area contributed by atoms with Crippen LogP contribution in [0.25, 0.3) is 10.9 Å². The van der Waals surface area contributed by atoms with Crippen LogP contribution in [0.5, 0.6) is 0 Å². The number of aromatic nitrogens is 1. The van der Waals surface area contributed by atoms with Gasteiger partial charge in [-0.05, 0) is 12.5 Å². The van der Waals surface area contributed by atoms with Gasteiger partial charge in [0, 0.05) is 34.5 Å². The van der Waals surface area contributed by atoms with Crippen molar-refractivity contribution in [2.24, 2.45) is 11.8 Å². The predicted molar refractivity (Wildman–Crippen MR) is 81.1 cm³/mol. The summed E-state index contributed by atoms with van der Waals surface area (Å²) >= 11 is 0. The minimum absolute atomic E-state index is 0.263. The van der Waals surface area contributed by atoms with E-state index in [2.05, 4.69) is 18.8 Å². The van der Waals surface area contributed by atoms with E-state index in [1.54, 1.807) is 0 Å². The molecule has 1 aromatic heterocycles. The minimum Gasteiger partial charge on any atom is -0.360 e. The summed E-state index contributed by atoms with van der Waals surface area (Å²) in [6.07, 6.45) is 3.16. The third-order valence-electron chi connectivity index (χ3n) is 4.38. The molecule has 0 unspecified atom stereocenters. The number of Topliss-reactive ketones (excluding diaryl/α,β-unsaturated/α-hetero) is 1. The van der Waals surface area contributed by atoms with E-state index in [-0.39, 0.29) is 5.78 Å². The van der Waals surface area contributed by atoms with Crippen LogP contribution in [-0.4, -0.2) is 30.4 Å². The Hall–Kier alpha value is -1.61. The number of hydrogen-bond donors (Lipinski definition) is 2. The average molecular weight is 271 g/mol. The van der Waals surface area contributed by atoms with Crippen LogP contribution in [0.1, 0.15) is 30.6 Å². The molecular weight excluding hydrogens is 248 g/mol. The van der Waals surface area contributed by atoms with Crippen molar-refractivity contribution < 1.29 is 9.69 Å². The van der Waals surface area contributed by atoms with Crippen LogP contribution in [0.15, 0.2) is 30.5 Å². The van der Waals surface area contributed by atoms with Crippen LogP contribution in [-0.2, 0) is 0 Å². The summed E-state index contributed by atoms with van der Waals surface area (Å²) in [7, 11) is 0. The van der Waals surface area contributed by atoms with E-state index < -0.39 is 0 Å². The number of rotatable bonds is 3. The first-order valence-electron chi connectivity index (χ1n) is 7.56. The monoisotopic (exact) mass is 271 g/mol. The molecule has 0 radical (unpaired) electrons. The molecule has 3 heteroatoms. The number of H-pyrrole nitrogens is 1. The van der Waals surface area contributed by atoms with Gasteiger partial charge in [0.05, 0.1) is 13.1 Å². The number of benzene rings is 1. The maximum atomic E-state index is 12.6. The number of quaternary nitrogens is 1. The second-order valence-electron chi connectivity index (χ2n) is 6.45. The smallest absolute Gasteiger partial charge is 0.219 e. The Morgan fingerprint density at radius 3 is 2.70 bits per heavy atom. The summed E-state index contributed by atoms with van der Waals surface area (Å²) < 4.78 is 0. The lowest BCUT2D eigenvalue weighted by Crippen LogP contribution is -3.15. The number of ketones is 1. The van der Waals surface area contributed by atoms with Crippen molar-refractivity contribution in [2.75, 3.05) is 19.6 Å². The second-order valence-corrected chi connectivity index (χ2v) is 6.45. The number of aromatic amines is 1. The fraction of sp³-hybridized carbons (Fsp3) is 0.471. The van der Waals surface area contributed by atoms with Crippen molar-refractivity contribution in [1.29, 1.82) is 0 Å². The van der Waals surface area contributed by atoms with E-state index in [0.29, 0.717) is 6.54 Å². The molecule has 1 aliphatic rings. The SMILES string of the molecule is C[C@H]1C[C@H](C)C[NH+](CC(=O)c2c[nH]c3ccccc23)C1. The summed E-state index contributed by atoms with van der Waals surface area (Å²) in [4.78, 5) is 17.2. The molecule has 3 rings (SSSR count). The highest BCUT2D eigenvalue weighted by molar-refractivity contribution is 6.08. The molecule has 106 valence electrons. The van der Waals surface area contributed by atoms with E-state index in [1.807, 2.05) is 30.5 Å². The van der Waals surface area contributed by atoms with Crippen LogP contribution >= 0.6 is 0 Å². The number of para-hydroxylation sites is 1. The van der Waals surface area contributed by atoms with Crippen LogP contribution in [0.3, 0.4) is 0 Å². The zero-order valence-corrected chi connectivity index (χ0v) is 12.3. The quantitative estimate of drug-likeness (QED) is 0.822. The summed E-state index contributed by atoms with van der Waals surface area (Å²) in [5.41, 5.74) is 1.89. The second kappa shape index (κ2) is 5.41. The molecule has 0 amide bonds. The summed E-state index contributed by atoms with van der Waals surface area (Å²) in [5.74, 6) is 1.72. The van der Waals surface area contributed by atoms with Crippen LogP contribution in [0.2, 0.25) is 0 Å². The van der Waals surface area contributed by atoms with Crippen LogP contribution in [0.4, 0.5) is 0 Å². The average Bonchev–Trinajstić information content (AvgIpc) is 2.81. The van der Waals surface area contributed by atoms with Crippen molar-refractivity contribution >= 4 is 16.7 Å². The zero-order chi connectivity index (χ0) is 14.1. The third kappa shape index (κ3) is 2.63. The van der Waals surface area contributed by atoms with E-state index in [4.69, 9.17) is 0 Å². The van der Waals surface area contributed by atoms with Gasteiger partial charge in [0.25, 0.3) is 0 Å². The maximum absolute atomic E-state index is 12.6. The molecule has 1 aliphatic heterocycles. The summed E-state index contributed by atoms with van der Waals surface area (Å²) in [6.45, 7) is 7.46. The van der Waals surface area contributed by atoms with Gasteiger partial charge < -0.3 is 9.88 Å². The molecule has 1 fully saturated rings. The number of likely N-dealkylation sites (tertiary alicyclic amines) is 1. The van der Waals surface area contributed by atoms with Crippen molar-refractivity contribution in [1.82, 2.24) is 4.98 Å². The molecule has 2 N–H and O–H groups in total. The first-order valence-corrected chi connectivity index (χ1v) is 7.56. The molecule has 0 bridgehead atoms. The van der Waals surface area contributed by atoms with E-state index >= 15 is 0 Å². The van der Waals surface area contributed by atoms with Gasteiger partial charge in [-0.2, -0.15) is 0 Å². The fourth-order valence-corrected chi connectivity index (χ4v) is 3.69. The van der Waals surface area contributed by atoms with Gasteiger partial charge in [-0.1, -0.05) is 32.0 Å². The summed E-state index contributed by atoms with van der Waals surface area (Å²) in [5, 5.41) is 1.05. The first kappa shape index (κ1) is 13.4. The highest BCUT2D eigenvalue weighted by atomic mass is 16.1. The lowest BCUT2D eigenvalue weighted by atomic mass is 9.91. The molecule has 2 atom stereocenters. The van der Waals surface area contributed by atoms with E-state index in [1.165, 1.54) is 11.3 Å². The molecule has 1 aromatic carbocycles. The Bertz CT molecular complexity index is 606. The Balaban J connectivity index is 1.76. The molecule has 0 aliphatic carbocycles. The Morgan fingerprint density at radius 2 is 1.95 bits per heavy atom. The zero-order valence-electron chi connectivity index (χ0n) is 12.3. The number of fused-ring (bicyclic) bond motifs is 1. The molecule has 1 saturated heterocycles. The van der Waals surface area contributed by atoms with Gasteiger partial charge in [-0.3, -0.25) is 4.79 Å². The van der Waals surface area contributed by atoms with Crippen molar-refractivity contribution in [3.05, 3.63) is 36.0 Å². The lowest BCUT2D eigenvalue weighted by molar-refractivity contribution is -0.903. The number of hydrogen-bond acceptors (Lipinski definition) is 1. The van der Waals surface area contributed by atoms with Gasteiger partial charge >= 0.3 is 0 Å². The molecule has 0 saturated carbocycles. The van der Waals surface area contributed by atoms with Gasteiger partial charge in [0.15, 0.2) is 0 Å². The van der Waals surface area contributed by atoms with Gasteiger partial charge in [0.2, 0.25) is 5.78 Å². The third-order valence-corrected chi connectivity index (χ3v) is 4.38.